The van der Waals surface area contributed by atoms with Gasteiger partial charge in [-0.05, 0) is 19.3 Å². The summed E-state index contributed by atoms with van der Waals surface area (Å²) in [5.41, 5.74) is 1.01. The van der Waals surface area contributed by atoms with Crippen molar-refractivity contribution in [2.75, 3.05) is 26.7 Å². The molecule has 1 atom stereocenters. The van der Waals surface area contributed by atoms with Crippen molar-refractivity contribution in [1.82, 2.24) is 15.1 Å². The number of carbonyl (C=O) groups excluding carboxylic acids is 2. The molecular formula is C14H21N3O4. The van der Waals surface area contributed by atoms with Gasteiger partial charge in [-0.3, -0.25) is 19.3 Å². The number of hydrogen-bond donors (Lipinski definition) is 2. The van der Waals surface area contributed by atoms with Crippen LogP contribution in [0.3, 0.4) is 0 Å². The summed E-state index contributed by atoms with van der Waals surface area (Å²) >= 11 is 0. The second-order valence-corrected chi connectivity index (χ2v) is 5.42. The molecule has 0 bridgehead atoms. The van der Waals surface area contributed by atoms with Gasteiger partial charge in [0.2, 0.25) is 11.8 Å². The average molecular weight is 295 g/mol. The van der Waals surface area contributed by atoms with Crippen LogP contribution in [0.4, 0.5) is 0 Å². The lowest BCUT2D eigenvalue weighted by atomic mass is 10.1. The van der Waals surface area contributed by atoms with E-state index in [0.29, 0.717) is 13.1 Å². The smallest absolute Gasteiger partial charge is 0.305 e. The highest BCUT2D eigenvalue weighted by Crippen LogP contribution is 2.20. The van der Waals surface area contributed by atoms with Gasteiger partial charge in [-0.2, -0.15) is 0 Å². The first-order chi connectivity index (χ1) is 9.99. The van der Waals surface area contributed by atoms with Crippen LogP contribution in [0.25, 0.3) is 0 Å². The van der Waals surface area contributed by atoms with Crippen molar-refractivity contribution in [2.24, 2.45) is 0 Å². The summed E-state index contributed by atoms with van der Waals surface area (Å²) in [4.78, 5) is 38.2. The maximum atomic E-state index is 12.3. The molecule has 2 rings (SSSR count). The Hall–Kier alpha value is -1.89. The van der Waals surface area contributed by atoms with Crippen LogP contribution in [0, 0.1) is 0 Å². The van der Waals surface area contributed by atoms with E-state index in [9.17, 15) is 14.4 Å². The molecule has 2 N–H and O–H groups in total. The molecule has 0 aromatic heterocycles. The molecule has 2 amide bonds. The van der Waals surface area contributed by atoms with Gasteiger partial charge in [-0.1, -0.05) is 6.08 Å². The van der Waals surface area contributed by atoms with Gasteiger partial charge in [0.05, 0.1) is 13.0 Å². The zero-order valence-corrected chi connectivity index (χ0v) is 12.2. The maximum absolute atomic E-state index is 12.3. The van der Waals surface area contributed by atoms with Crippen LogP contribution in [-0.4, -0.2) is 65.4 Å². The fraction of sp³-hybridized carbons (Fsp3) is 0.643. The van der Waals surface area contributed by atoms with E-state index in [1.54, 1.807) is 16.8 Å². The lowest BCUT2D eigenvalue weighted by Crippen LogP contribution is -2.57. The van der Waals surface area contributed by atoms with E-state index < -0.39 is 12.0 Å². The molecule has 0 aromatic carbocycles. The molecule has 0 spiro atoms. The lowest BCUT2D eigenvalue weighted by Gasteiger charge is -2.34. The zero-order chi connectivity index (χ0) is 15.4. The van der Waals surface area contributed by atoms with Gasteiger partial charge in [0.15, 0.2) is 0 Å². The molecule has 0 aromatic rings. The van der Waals surface area contributed by atoms with Crippen molar-refractivity contribution in [2.45, 2.75) is 31.7 Å². The van der Waals surface area contributed by atoms with Crippen molar-refractivity contribution in [1.29, 1.82) is 0 Å². The van der Waals surface area contributed by atoms with E-state index in [2.05, 4.69) is 11.4 Å². The van der Waals surface area contributed by atoms with Crippen LogP contribution in [0.15, 0.2) is 11.8 Å². The first-order valence-corrected chi connectivity index (χ1v) is 7.18. The number of piperazine rings is 1. The molecule has 7 nitrogen and oxygen atoms in total. The van der Waals surface area contributed by atoms with Crippen LogP contribution >= 0.6 is 0 Å². The largest absolute Gasteiger partial charge is 0.481 e. The zero-order valence-electron chi connectivity index (χ0n) is 12.2. The molecule has 7 heteroatoms. The van der Waals surface area contributed by atoms with E-state index in [1.807, 2.05) is 0 Å². The van der Waals surface area contributed by atoms with Gasteiger partial charge in [0.25, 0.3) is 0 Å². The fourth-order valence-electron chi connectivity index (χ4n) is 2.74. The second-order valence-electron chi connectivity index (χ2n) is 5.42. The van der Waals surface area contributed by atoms with Crippen molar-refractivity contribution < 1.29 is 19.5 Å². The maximum Gasteiger partial charge on any atom is 0.305 e. The Kier molecular flexibility index (Phi) is 4.95. The number of carboxylic acids is 1. The number of aliphatic carboxylic acids is 1. The average Bonchev–Trinajstić information content (AvgIpc) is 2.95. The fourth-order valence-corrected chi connectivity index (χ4v) is 2.74. The molecule has 1 heterocycles. The molecule has 1 aliphatic carbocycles. The predicted molar refractivity (Wildman–Crippen MR) is 75.3 cm³/mol. The minimum absolute atomic E-state index is 0.0687. The number of nitrogens with one attached hydrogen (secondary N) is 1. The van der Waals surface area contributed by atoms with Crippen LogP contribution in [0.1, 0.15) is 25.7 Å². The Morgan fingerprint density at radius 3 is 2.90 bits per heavy atom. The first kappa shape index (κ1) is 15.5. The first-order valence-electron chi connectivity index (χ1n) is 7.18. The molecule has 0 saturated carbocycles. The van der Waals surface area contributed by atoms with Crippen molar-refractivity contribution in [3.05, 3.63) is 11.8 Å². The van der Waals surface area contributed by atoms with Crippen molar-refractivity contribution in [3.8, 4) is 0 Å². The van der Waals surface area contributed by atoms with Gasteiger partial charge < -0.3 is 15.3 Å². The Labute approximate surface area is 123 Å². The lowest BCUT2D eigenvalue weighted by molar-refractivity contribution is -0.144. The molecule has 1 unspecified atom stereocenters. The van der Waals surface area contributed by atoms with E-state index in [4.69, 9.17) is 5.11 Å². The van der Waals surface area contributed by atoms with E-state index in [-0.39, 0.29) is 24.8 Å². The van der Waals surface area contributed by atoms with Crippen LogP contribution in [-0.2, 0) is 14.4 Å². The summed E-state index contributed by atoms with van der Waals surface area (Å²) in [5.74, 6) is -1.46. The quantitative estimate of drug-likeness (QED) is 0.732. The standard InChI is InChI=1S/C14H21N3O4/c1-16(10-4-2-3-5-10)12(18)9-17-7-6-15-14(21)11(17)8-13(19)20/h4,11H,2-3,5-9H2,1H3,(H,15,21)(H,19,20). The summed E-state index contributed by atoms with van der Waals surface area (Å²) in [6.07, 6.45) is 4.70. The highest BCUT2D eigenvalue weighted by molar-refractivity contribution is 5.88. The molecule has 0 radical (unpaired) electrons. The molecule has 2 aliphatic rings. The summed E-state index contributed by atoms with van der Waals surface area (Å²) in [7, 11) is 1.73. The molecular weight excluding hydrogens is 274 g/mol. The summed E-state index contributed by atoms with van der Waals surface area (Å²) in [6.45, 7) is 0.996. The molecule has 116 valence electrons. The van der Waals surface area contributed by atoms with E-state index >= 15 is 0 Å². The Balaban J connectivity index is 1.99. The van der Waals surface area contributed by atoms with Crippen molar-refractivity contribution >= 4 is 17.8 Å². The van der Waals surface area contributed by atoms with Crippen molar-refractivity contribution in [3.63, 3.8) is 0 Å². The molecule has 21 heavy (non-hydrogen) atoms. The minimum atomic E-state index is -1.04. The second kappa shape index (κ2) is 6.71. The number of likely N-dealkylation sites (N-methyl/N-ethyl adjacent to an activating group) is 1. The Morgan fingerprint density at radius 2 is 2.29 bits per heavy atom. The van der Waals surface area contributed by atoms with Gasteiger partial charge in [-0.25, -0.2) is 0 Å². The third-order valence-electron chi connectivity index (χ3n) is 3.97. The Morgan fingerprint density at radius 1 is 1.52 bits per heavy atom. The predicted octanol–water partition coefficient (Wildman–Crippen LogP) is -0.212. The number of carbonyl (C=O) groups is 3. The van der Waals surface area contributed by atoms with Crippen LogP contribution in [0.2, 0.25) is 0 Å². The number of rotatable bonds is 5. The van der Waals surface area contributed by atoms with Gasteiger partial charge >= 0.3 is 5.97 Å². The molecule has 1 saturated heterocycles. The third kappa shape index (κ3) is 3.81. The van der Waals surface area contributed by atoms with Gasteiger partial charge in [0.1, 0.15) is 6.04 Å². The summed E-state index contributed by atoms with van der Waals surface area (Å²) in [6, 6.07) is -0.772. The highest BCUT2D eigenvalue weighted by Gasteiger charge is 2.33. The molecule has 1 aliphatic heterocycles. The highest BCUT2D eigenvalue weighted by atomic mass is 16.4. The summed E-state index contributed by atoms with van der Waals surface area (Å²) in [5, 5.41) is 11.6. The third-order valence-corrected chi connectivity index (χ3v) is 3.97. The molecule has 1 fully saturated rings. The number of nitrogens with zero attached hydrogens (tertiary/aromatic N) is 2. The minimum Gasteiger partial charge on any atom is -0.481 e. The monoisotopic (exact) mass is 295 g/mol. The van der Waals surface area contributed by atoms with E-state index in [1.165, 1.54) is 0 Å². The Bertz CT molecular complexity index is 475. The van der Waals surface area contributed by atoms with E-state index in [0.717, 1.165) is 25.0 Å². The van der Waals surface area contributed by atoms with Gasteiger partial charge in [-0.15, -0.1) is 0 Å². The SMILES string of the molecule is CN(C(=O)CN1CCNC(=O)C1CC(=O)O)C1=CCCC1. The number of allylic oxidation sites excluding steroid dienone is 2. The number of hydrogen-bond acceptors (Lipinski definition) is 4. The topological polar surface area (TPSA) is 90.0 Å². The number of amides is 2. The summed E-state index contributed by atoms with van der Waals surface area (Å²) < 4.78 is 0. The van der Waals surface area contributed by atoms with Gasteiger partial charge in [0, 0.05) is 25.8 Å². The van der Waals surface area contributed by atoms with Crippen LogP contribution < -0.4 is 5.32 Å². The number of carboxylic acid groups (broad SMARTS) is 1. The van der Waals surface area contributed by atoms with Crippen LogP contribution in [0.5, 0.6) is 0 Å². The normalized spacial score (nSPS) is 22.6.